The van der Waals surface area contributed by atoms with E-state index in [4.69, 9.17) is 0 Å². The van der Waals surface area contributed by atoms with Crippen LogP contribution < -0.4 is 0 Å². The molecule has 0 aromatic rings. The number of hydrogen-bond acceptors (Lipinski definition) is 2. The summed E-state index contributed by atoms with van der Waals surface area (Å²) in [4.78, 5) is 4.57. The van der Waals surface area contributed by atoms with Crippen molar-refractivity contribution in [2.45, 2.75) is 13.3 Å². The fourth-order valence-corrected chi connectivity index (χ4v) is 1.58. The van der Waals surface area contributed by atoms with Gasteiger partial charge in [0.2, 0.25) is 0 Å². The molecular weight excluding hydrogens is 202 g/mol. The second-order valence-electron chi connectivity index (χ2n) is 2.89. The van der Waals surface area contributed by atoms with E-state index in [9.17, 15) is 0 Å². The normalized spacial score (nSPS) is 12.7. The van der Waals surface area contributed by atoms with Crippen LogP contribution >= 0.6 is 11.8 Å². The van der Waals surface area contributed by atoms with E-state index in [0.29, 0.717) is 0 Å². The highest BCUT2D eigenvalue weighted by Crippen LogP contribution is 2.18. The van der Waals surface area contributed by atoms with Crippen LogP contribution in [0, 0.1) is 5.92 Å². The minimum absolute atomic E-state index is 0.0942. The Morgan fingerprint density at radius 3 is 2.27 bits per heavy atom. The average molecular weight is 221 g/mol. The van der Waals surface area contributed by atoms with Crippen molar-refractivity contribution in [1.29, 1.82) is 0 Å². The first-order chi connectivity index (χ1) is 7.23. The lowest BCUT2D eigenvalue weighted by molar-refractivity contribution is 0.950. The third-order valence-corrected chi connectivity index (χ3v) is 2.78. The van der Waals surface area contributed by atoms with Crippen LogP contribution in [0.15, 0.2) is 54.7 Å². The molecule has 0 aliphatic rings. The van der Waals surface area contributed by atoms with E-state index in [1.165, 1.54) is 0 Å². The molecule has 0 saturated heterocycles. The lowest BCUT2D eigenvalue weighted by Gasteiger charge is -2.09. The van der Waals surface area contributed by atoms with Gasteiger partial charge in [0.25, 0.3) is 0 Å². The van der Waals surface area contributed by atoms with Crippen LogP contribution in [0.4, 0.5) is 0 Å². The van der Waals surface area contributed by atoms with Gasteiger partial charge in [0.05, 0.1) is 10.7 Å². The summed E-state index contributed by atoms with van der Waals surface area (Å²) in [5.41, 5.74) is 0.946. The smallest absolute Gasteiger partial charge is 0.0729 e. The van der Waals surface area contributed by atoms with Crippen molar-refractivity contribution < 1.29 is 0 Å². The average Bonchev–Trinajstić information content (AvgIpc) is 2.27. The quantitative estimate of drug-likeness (QED) is 0.283. The molecule has 0 fully saturated rings. The largest absolute Gasteiger partial charge is 0.250 e. The molecule has 0 aromatic heterocycles. The van der Waals surface area contributed by atoms with Crippen LogP contribution in [0.5, 0.6) is 0 Å². The topological polar surface area (TPSA) is 12.4 Å². The lowest BCUT2D eigenvalue weighted by atomic mass is 10.1. The minimum atomic E-state index is 0.0942. The van der Waals surface area contributed by atoms with Gasteiger partial charge in [0.15, 0.2) is 0 Å². The molecule has 15 heavy (non-hydrogen) atoms. The van der Waals surface area contributed by atoms with E-state index in [1.807, 2.05) is 24.5 Å². The monoisotopic (exact) mass is 221 g/mol. The Balaban J connectivity index is 5.05. The molecule has 0 aliphatic carbocycles. The van der Waals surface area contributed by atoms with Gasteiger partial charge in [-0.05, 0) is 18.8 Å². The molecule has 2 heteroatoms. The number of aliphatic imine (C=N–C) groups is 1. The maximum absolute atomic E-state index is 4.57. The fraction of sp³-hybridized carbons (Fsp3) is 0.308. The van der Waals surface area contributed by atoms with Crippen molar-refractivity contribution in [1.82, 2.24) is 0 Å². The molecule has 82 valence electrons. The molecule has 1 nitrogen and oxygen atoms in total. The third kappa shape index (κ3) is 4.84. The van der Waals surface area contributed by atoms with Crippen molar-refractivity contribution in [3.8, 4) is 0 Å². The summed E-state index contributed by atoms with van der Waals surface area (Å²) in [6.07, 6.45) is 10.3. The standard InChI is InChI=1S/C13H19NS/c1-6-10-12(11(7-2)8-3)14-13(9-4)15-5/h6-8,10-11H,1-3,9H2,4-5H3/b12-10-,14-13+. The number of rotatable bonds is 6. The third-order valence-electron chi connectivity index (χ3n) is 1.93. The molecule has 0 radical (unpaired) electrons. The summed E-state index contributed by atoms with van der Waals surface area (Å²) >= 11 is 1.67. The Bertz CT molecular complexity index is 273. The summed E-state index contributed by atoms with van der Waals surface area (Å²) in [7, 11) is 0. The first-order valence-electron chi connectivity index (χ1n) is 4.92. The number of thioether (sulfide) groups is 1. The Morgan fingerprint density at radius 1 is 1.33 bits per heavy atom. The van der Waals surface area contributed by atoms with Gasteiger partial charge in [-0.3, -0.25) is 4.99 Å². The highest BCUT2D eigenvalue weighted by atomic mass is 32.2. The van der Waals surface area contributed by atoms with Crippen LogP contribution in [0.1, 0.15) is 13.3 Å². The first-order valence-corrected chi connectivity index (χ1v) is 6.15. The number of allylic oxidation sites excluding steroid dienone is 3. The zero-order valence-electron chi connectivity index (χ0n) is 9.57. The second kappa shape index (κ2) is 8.30. The van der Waals surface area contributed by atoms with Crippen molar-refractivity contribution in [3.05, 3.63) is 49.7 Å². The van der Waals surface area contributed by atoms with E-state index in [0.717, 1.165) is 17.2 Å². The van der Waals surface area contributed by atoms with Gasteiger partial charge in [-0.2, -0.15) is 0 Å². The Morgan fingerprint density at radius 2 is 1.93 bits per heavy atom. The maximum atomic E-state index is 4.57. The molecule has 0 atom stereocenters. The van der Waals surface area contributed by atoms with E-state index in [-0.39, 0.29) is 5.92 Å². The summed E-state index contributed by atoms with van der Waals surface area (Å²) in [6, 6.07) is 0. The van der Waals surface area contributed by atoms with Crippen LogP contribution in [0.25, 0.3) is 0 Å². The number of hydrogen-bond donors (Lipinski definition) is 0. The predicted molar refractivity (Wildman–Crippen MR) is 73.4 cm³/mol. The number of nitrogens with zero attached hydrogens (tertiary/aromatic N) is 1. The van der Waals surface area contributed by atoms with Gasteiger partial charge in [-0.15, -0.1) is 24.9 Å². The van der Waals surface area contributed by atoms with Crippen LogP contribution in [0.2, 0.25) is 0 Å². The molecule has 0 N–H and O–H groups in total. The van der Waals surface area contributed by atoms with Crippen molar-refractivity contribution >= 4 is 16.8 Å². The fourth-order valence-electron chi connectivity index (χ4n) is 1.09. The first kappa shape index (κ1) is 14.0. The van der Waals surface area contributed by atoms with Crippen LogP contribution in [-0.2, 0) is 0 Å². The second-order valence-corrected chi connectivity index (χ2v) is 3.77. The summed E-state index contributed by atoms with van der Waals surface area (Å²) in [5, 5.41) is 1.11. The summed E-state index contributed by atoms with van der Waals surface area (Å²) in [5.74, 6) is 0.0942. The molecule has 0 saturated carbocycles. The Hall–Kier alpha value is -1.02. The summed E-state index contributed by atoms with van der Waals surface area (Å²) < 4.78 is 0. The van der Waals surface area contributed by atoms with Gasteiger partial charge < -0.3 is 0 Å². The molecule has 0 rings (SSSR count). The molecule has 0 amide bonds. The molecule has 0 spiro atoms. The van der Waals surface area contributed by atoms with Crippen molar-refractivity contribution in [2.75, 3.05) is 6.26 Å². The van der Waals surface area contributed by atoms with E-state index >= 15 is 0 Å². The van der Waals surface area contributed by atoms with E-state index in [1.54, 1.807) is 17.8 Å². The van der Waals surface area contributed by atoms with Gasteiger partial charge >= 0.3 is 0 Å². The predicted octanol–water partition coefficient (Wildman–Crippen LogP) is 4.22. The van der Waals surface area contributed by atoms with Gasteiger partial charge in [-0.1, -0.05) is 31.7 Å². The maximum Gasteiger partial charge on any atom is 0.0729 e. The van der Waals surface area contributed by atoms with Crippen LogP contribution in [-0.4, -0.2) is 11.3 Å². The van der Waals surface area contributed by atoms with Gasteiger partial charge in [0, 0.05) is 5.92 Å². The Kier molecular flexibility index (Phi) is 7.74. The summed E-state index contributed by atoms with van der Waals surface area (Å²) in [6.45, 7) is 13.3. The van der Waals surface area contributed by atoms with Gasteiger partial charge in [0.1, 0.15) is 0 Å². The molecule has 0 aromatic carbocycles. The minimum Gasteiger partial charge on any atom is -0.250 e. The molecule has 0 heterocycles. The molecule has 0 aliphatic heterocycles. The SMILES string of the molecule is C=C/C=C(\N=C(/CC)SC)C(C=C)C=C. The highest BCUT2D eigenvalue weighted by Gasteiger charge is 2.05. The molecular formula is C13H19NS. The highest BCUT2D eigenvalue weighted by molar-refractivity contribution is 8.13. The van der Waals surface area contributed by atoms with Gasteiger partial charge in [-0.25, -0.2) is 0 Å². The van der Waals surface area contributed by atoms with Crippen molar-refractivity contribution in [2.24, 2.45) is 10.9 Å². The molecule has 0 bridgehead atoms. The van der Waals surface area contributed by atoms with E-state index in [2.05, 4.69) is 31.7 Å². The van der Waals surface area contributed by atoms with Crippen molar-refractivity contribution in [3.63, 3.8) is 0 Å². The van der Waals surface area contributed by atoms with Crippen LogP contribution in [0.3, 0.4) is 0 Å². The molecule has 0 unspecified atom stereocenters. The van der Waals surface area contributed by atoms with E-state index < -0.39 is 0 Å². The zero-order chi connectivity index (χ0) is 11.7. The zero-order valence-corrected chi connectivity index (χ0v) is 10.4. The lowest BCUT2D eigenvalue weighted by Crippen LogP contribution is -1.98. The Labute approximate surface area is 97.4 Å².